The van der Waals surface area contributed by atoms with E-state index in [1.807, 2.05) is 0 Å². The molecule has 1 amide bonds. The number of benzene rings is 1. The number of azide groups is 1. The molecule has 1 aromatic carbocycles. The Bertz CT molecular complexity index is 385. The van der Waals surface area contributed by atoms with Gasteiger partial charge in [0, 0.05) is 4.91 Å². The molecule has 0 aliphatic heterocycles. The summed E-state index contributed by atoms with van der Waals surface area (Å²) in [4.78, 5) is 13.5. The van der Waals surface area contributed by atoms with Crippen LogP contribution in [0.2, 0.25) is 0 Å². The number of nitrogens with one attached hydrogen (secondary N) is 1. The van der Waals surface area contributed by atoms with E-state index in [1.54, 1.807) is 18.2 Å². The summed E-state index contributed by atoms with van der Waals surface area (Å²) in [7, 11) is 0. The number of rotatable bonds is 3. The van der Waals surface area contributed by atoms with Gasteiger partial charge < -0.3 is 10.4 Å². The molecule has 2 N–H and O–H groups in total. The van der Waals surface area contributed by atoms with Crippen molar-refractivity contribution in [2.75, 3.05) is 11.9 Å². The third kappa shape index (κ3) is 2.69. The number of hydrogen-bond donors (Lipinski definition) is 2. The molecule has 0 heterocycles. The number of aromatic hydroxyl groups is 1. The lowest BCUT2D eigenvalue weighted by atomic mass is 10.3. The van der Waals surface area contributed by atoms with Gasteiger partial charge in [-0.05, 0) is 17.7 Å². The second-order valence-corrected chi connectivity index (χ2v) is 2.45. The predicted molar refractivity (Wildman–Crippen MR) is 50.7 cm³/mol. The number of anilines is 1. The summed E-state index contributed by atoms with van der Waals surface area (Å²) >= 11 is 0. The van der Waals surface area contributed by atoms with E-state index in [4.69, 9.17) is 5.53 Å². The largest absolute Gasteiger partial charge is 0.506 e. The number of amides is 1. The van der Waals surface area contributed by atoms with Crippen molar-refractivity contribution in [3.63, 3.8) is 0 Å². The van der Waals surface area contributed by atoms with Crippen LogP contribution < -0.4 is 5.32 Å². The van der Waals surface area contributed by atoms with Crippen molar-refractivity contribution < 1.29 is 9.90 Å². The topological polar surface area (TPSA) is 98.1 Å². The molecule has 6 nitrogen and oxygen atoms in total. The van der Waals surface area contributed by atoms with E-state index < -0.39 is 5.91 Å². The lowest BCUT2D eigenvalue weighted by Gasteiger charge is -2.04. The molecule has 1 rings (SSSR count). The summed E-state index contributed by atoms with van der Waals surface area (Å²) < 4.78 is 0. The van der Waals surface area contributed by atoms with Gasteiger partial charge in [0.1, 0.15) is 12.3 Å². The second kappa shape index (κ2) is 4.74. The summed E-state index contributed by atoms with van der Waals surface area (Å²) in [6.45, 7) is -0.287. The average molecular weight is 192 g/mol. The Morgan fingerprint density at radius 2 is 2.29 bits per heavy atom. The molecule has 14 heavy (non-hydrogen) atoms. The number of nitrogens with zero attached hydrogens (tertiary/aromatic N) is 3. The highest BCUT2D eigenvalue weighted by molar-refractivity contribution is 5.93. The molecule has 0 radical (unpaired) electrons. The summed E-state index contributed by atoms with van der Waals surface area (Å²) in [6.07, 6.45) is 0. The standard InChI is InChI=1S/C8H8N4O2/c9-12-10-5-8(14)11-6-3-1-2-4-7(6)13/h1-4,13H,5H2,(H,11,14). The van der Waals surface area contributed by atoms with E-state index in [9.17, 15) is 9.90 Å². The maximum atomic E-state index is 11.0. The second-order valence-electron chi connectivity index (χ2n) is 2.45. The van der Waals surface area contributed by atoms with E-state index in [2.05, 4.69) is 15.3 Å². The molecule has 1 aromatic rings. The molecule has 72 valence electrons. The van der Waals surface area contributed by atoms with Gasteiger partial charge in [-0.15, -0.1) is 0 Å². The van der Waals surface area contributed by atoms with Crippen LogP contribution in [-0.2, 0) is 4.79 Å². The normalized spacial score (nSPS) is 8.86. The first-order valence-corrected chi connectivity index (χ1v) is 3.82. The van der Waals surface area contributed by atoms with Crippen molar-refractivity contribution in [3.8, 4) is 5.75 Å². The molecular weight excluding hydrogens is 184 g/mol. The number of carbonyl (C=O) groups is 1. The zero-order valence-corrected chi connectivity index (χ0v) is 7.21. The van der Waals surface area contributed by atoms with Gasteiger partial charge in [-0.3, -0.25) is 4.79 Å². The van der Waals surface area contributed by atoms with Gasteiger partial charge in [0.25, 0.3) is 0 Å². The number of hydrogen-bond acceptors (Lipinski definition) is 3. The van der Waals surface area contributed by atoms with Crippen LogP contribution in [0.15, 0.2) is 29.4 Å². The molecule has 0 unspecified atom stereocenters. The average Bonchev–Trinajstić information content (AvgIpc) is 2.18. The minimum atomic E-state index is -0.468. The first kappa shape index (κ1) is 9.88. The van der Waals surface area contributed by atoms with Crippen molar-refractivity contribution in [1.82, 2.24) is 0 Å². The molecule has 6 heteroatoms. The van der Waals surface area contributed by atoms with Crippen LogP contribution in [0.5, 0.6) is 5.75 Å². The van der Waals surface area contributed by atoms with E-state index in [0.717, 1.165) is 0 Å². The van der Waals surface area contributed by atoms with Crippen LogP contribution >= 0.6 is 0 Å². The SMILES string of the molecule is [N-]=[N+]=NCC(=O)Nc1ccccc1O. The Labute approximate surface area is 79.8 Å². The van der Waals surface area contributed by atoms with Crippen LogP contribution in [0.3, 0.4) is 0 Å². The molecule has 0 aliphatic rings. The van der Waals surface area contributed by atoms with Gasteiger partial charge in [-0.25, -0.2) is 0 Å². The Morgan fingerprint density at radius 1 is 1.57 bits per heavy atom. The highest BCUT2D eigenvalue weighted by atomic mass is 16.3. The van der Waals surface area contributed by atoms with Crippen LogP contribution in [0, 0.1) is 0 Å². The Balaban J connectivity index is 2.65. The van der Waals surface area contributed by atoms with Gasteiger partial charge in [-0.2, -0.15) is 0 Å². The van der Waals surface area contributed by atoms with Crippen molar-refractivity contribution in [2.24, 2.45) is 5.11 Å². The van der Waals surface area contributed by atoms with Gasteiger partial charge in [0.2, 0.25) is 5.91 Å². The molecule has 0 bridgehead atoms. The van der Waals surface area contributed by atoms with Crippen molar-refractivity contribution in [1.29, 1.82) is 0 Å². The van der Waals surface area contributed by atoms with Crippen LogP contribution in [0.4, 0.5) is 5.69 Å². The fourth-order valence-electron chi connectivity index (χ4n) is 0.865. The number of carbonyl (C=O) groups excluding carboxylic acids is 1. The Kier molecular flexibility index (Phi) is 3.34. The Hall–Kier alpha value is -2.20. The van der Waals surface area contributed by atoms with Crippen LogP contribution in [-0.4, -0.2) is 17.6 Å². The number of para-hydroxylation sites is 2. The van der Waals surface area contributed by atoms with Crippen LogP contribution in [0.25, 0.3) is 10.4 Å². The molecule has 0 fully saturated rings. The highest BCUT2D eigenvalue weighted by Crippen LogP contribution is 2.20. The zero-order chi connectivity index (χ0) is 10.4. The van der Waals surface area contributed by atoms with Gasteiger partial charge in [0.05, 0.1) is 5.69 Å². The fraction of sp³-hybridized carbons (Fsp3) is 0.125. The van der Waals surface area contributed by atoms with E-state index >= 15 is 0 Å². The zero-order valence-electron chi connectivity index (χ0n) is 7.21. The van der Waals surface area contributed by atoms with Crippen molar-refractivity contribution in [2.45, 2.75) is 0 Å². The molecule has 0 atom stereocenters. The monoisotopic (exact) mass is 192 g/mol. The number of phenolic OH excluding ortho intramolecular Hbond substituents is 1. The lowest BCUT2D eigenvalue weighted by molar-refractivity contribution is -0.114. The minimum Gasteiger partial charge on any atom is -0.506 e. The van der Waals surface area contributed by atoms with E-state index in [-0.39, 0.29) is 12.3 Å². The number of phenols is 1. The first-order chi connectivity index (χ1) is 6.74. The smallest absolute Gasteiger partial charge is 0.230 e. The third-order valence-corrected chi connectivity index (χ3v) is 1.46. The third-order valence-electron chi connectivity index (χ3n) is 1.46. The minimum absolute atomic E-state index is 0.0261. The first-order valence-electron chi connectivity index (χ1n) is 3.82. The lowest BCUT2D eigenvalue weighted by Crippen LogP contribution is -2.14. The Morgan fingerprint density at radius 3 is 2.93 bits per heavy atom. The van der Waals surface area contributed by atoms with Gasteiger partial charge in [-0.1, -0.05) is 17.2 Å². The quantitative estimate of drug-likeness (QED) is 0.329. The van der Waals surface area contributed by atoms with E-state index in [1.165, 1.54) is 6.07 Å². The molecule has 0 spiro atoms. The van der Waals surface area contributed by atoms with Crippen molar-refractivity contribution >= 4 is 11.6 Å². The maximum Gasteiger partial charge on any atom is 0.230 e. The van der Waals surface area contributed by atoms with Gasteiger partial charge in [0.15, 0.2) is 0 Å². The predicted octanol–water partition coefficient (Wildman–Crippen LogP) is 1.64. The molecular formula is C8H8N4O2. The summed E-state index contributed by atoms with van der Waals surface area (Å²) in [6, 6.07) is 6.30. The summed E-state index contributed by atoms with van der Waals surface area (Å²) in [5.74, 6) is -0.494. The molecule has 0 aliphatic carbocycles. The maximum absolute atomic E-state index is 11.0. The highest BCUT2D eigenvalue weighted by Gasteiger charge is 2.03. The van der Waals surface area contributed by atoms with Gasteiger partial charge >= 0.3 is 0 Å². The summed E-state index contributed by atoms with van der Waals surface area (Å²) in [5, 5.41) is 14.7. The molecule has 0 aromatic heterocycles. The molecule has 0 saturated carbocycles. The molecule has 0 saturated heterocycles. The van der Waals surface area contributed by atoms with Crippen LogP contribution in [0.1, 0.15) is 0 Å². The van der Waals surface area contributed by atoms with E-state index in [0.29, 0.717) is 5.69 Å². The fourth-order valence-corrected chi connectivity index (χ4v) is 0.865. The summed E-state index contributed by atoms with van der Waals surface area (Å²) in [5.41, 5.74) is 8.26. The van der Waals surface area contributed by atoms with Crippen molar-refractivity contribution in [3.05, 3.63) is 34.7 Å².